The molecular formula is C25H39N9O7. The first kappa shape index (κ1) is 32.7. The number of nitrogens with one attached hydrogen (secondary N) is 7. The molecule has 0 radical (unpaired) electrons. The van der Waals surface area contributed by atoms with Gasteiger partial charge in [-0.15, -0.1) is 0 Å². The lowest BCUT2D eigenvalue weighted by atomic mass is 10.0. The van der Waals surface area contributed by atoms with Gasteiger partial charge in [-0.3, -0.25) is 33.6 Å². The molecule has 0 saturated carbocycles. The summed E-state index contributed by atoms with van der Waals surface area (Å²) in [5.41, 5.74) is 5.95. The van der Waals surface area contributed by atoms with Gasteiger partial charge in [-0.05, 0) is 25.7 Å². The first-order chi connectivity index (χ1) is 19.3. The lowest BCUT2D eigenvalue weighted by Crippen LogP contribution is -2.59. The van der Waals surface area contributed by atoms with Crippen LogP contribution in [0.3, 0.4) is 0 Å². The highest BCUT2D eigenvalue weighted by Gasteiger charge is 2.32. The van der Waals surface area contributed by atoms with E-state index in [2.05, 4.69) is 41.9 Å². The van der Waals surface area contributed by atoms with Crippen LogP contribution in [-0.4, -0.2) is 88.1 Å². The fourth-order valence-corrected chi connectivity index (χ4v) is 4.07. The molecule has 1 aromatic rings. The van der Waals surface area contributed by atoms with E-state index in [4.69, 9.17) is 5.73 Å². The Morgan fingerprint density at radius 1 is 1.00 bits per heavy atom. The molecule has 2 rings (SSSR count). The predicted octanol–water partition coefficient (Wildman–Crippen LogP) is -3.14. The Hall–Kier alpha value is -4.50. The van der Waals surface area contributed by atoms with Gasteiger partial charge < -0.3 is 42.6 Å². The van der Waals surface area contributed by atoms with Gasteiger partial charge in [0.05, 0.1) is 6.33 Å². The summed E-state index contributed by atoms with van der Waals surface area (Å²) in [7, 11) is 0. The predicted molar refractivity (Wildman–Crippen MR) is 144 cm³/mol. The minimum atomic E-state index is -1.19. The van der Waals surface area contributed by atoms with Gasteiger partial charge in [0.15, 0.2) is 0 Å². The fourth-order valence-electron chi connectivity index (χ4n) is 4.07. The molecule has 7 amide bonds. The molecule has 1 saturated heterocycles. The molecule has 1 fully saturated rings. The van der Waals surface area contributed by atoms with Crippen molar-refractivity contribution in [2.45, 2.75) is 83.6 Å². The molecule has 4 unspecified atom stereocenters. The molecule has 0 aliphatic carbocycles. The Kier molecular flexibility index (Phi) is 12.2. The zero-order chi connectivity index (χ0) is 30.7. The van der Waals surface area contributed by atoms with Crippen molar-refractivity contribution in [2.24, 2.45) is 11.7 Å². The third-order valence-corrected chi connectivity index (χ3v) is 6.38. The minimum absolute atomic E-state index is 0.0231. The van der Waals surface area contributed by atoms with Gasteiger partial charge in [0.25, 0.3) is 0 Å². The van der Waals surface area contributed by atoms with E-state index in [9.17, 15) is 33.6 Å². The summed E-state index contributed by atoms with van der Waals surface area (Å²) in [6.07, 6.45) is 2.54. The fraction of sp³-hybridized carbons (Fsp3) is 0.600. The molecule has 0 bridgehead atoms. The monoisotopic (exact) mass is 577 g/mol. The quantitative estimate of drug-likeness (QED) is 0.177. The van der Waals surface area contributed by atoms with E-state index < -0.39 is 77.5 Å². The van der Waals surface area contributed by atoms with Crippen LogP contribution in [0.25, 0.3) is 0 Å². The highest BCUT2D eigenvalue weighted by Crippen LogP contribution is 2.07. The number of rotatable bonds is 5. The molecule has 1 aliphatic rings. The SMILES string of the molecule is CC(=O)NC1CCC(=O)NCCC(C(N)=O)NC(=O)C(C(C)C)NC(=O)[C@H](C)NC(=O)C(Cc2cnc[nH]2)NC1=O. The second-order valence-electron chi connectivity index (χ2n) is 10.2. The van der Waals surface area contributed by atoms with Gasteiger partial charge in [-0.2, -0.15) is 0 Å². The Morgan fingerprint density at radius 2 is 1.71 bits per heavy atom. The van der Waals surface area contributed by atoms with E-state index in [1.807, 2.05) is 0 Å². The number of imidazole rings is 1. The standard InChI is InChI=1S/C25H39N9O7/c1-12(2)20-25(41)32-16(21(26)37)7-8-28-19(36)6-5-17(31-14(4)35)23(39)33-18(9-15-10-27-11-29-15)24(40)30-13(3)22(38)34-20/h10-13,16-18,20H,5-9H2,1-4H3,(H2,26,37)(H,27,29)(H,28,36)(H,30,40)(H,31,35)(H,32,41)(H,33,39)(H,34,38)/t13-,16?,17?,18?,20?/m0/s1. The maximum Gasteiger partial charge on any atom is 0.243 e. The molecule has 16 nitrogen and oxygen atoms in total. The van der Waals surface area contributed by atoms with Crippen LogP contribution in [0.1, 0.15) is 52.7 Å². The number of hydrogen-bond donors (Lipinski definition) is 8. The first-order valence-corrected chi connectivity index (χ1v) is 13.3. The Balaban J connectivity index is 2.37. The summed E-state index contributed by atoms with van der Waals surface area (Å²) < 4.78 is 0. The third kappa shape index (κ3) is 10.5. The zero-order valence-corrected chi connectivity index (χ0v) is 23.5. The number of carbonyl (C=O) groups excluding carboxylic acids is 7. The van der Waals surface area contributed by atoms with Gasteiger partial charge in [-0.1, -0.05) is 13.8 Å². The van der Waals surface area contributed by atoms with Crippen molar-refractivity contribution >= 4 is 41.4 Å². The van der Waals surface area contributed by atoms with E-state index >= 15 is 0 Å². The number of hydrogen-bond acceptors (Lipinski definition) is 8. The smallest absolute Gasteiger partial charge is 0.243 e. The van der Waals surface area contributed by atoms with Gasteiger partial charge in [-0.25, -0.2) is 4.98 Å². The molecule has 41 heavy (non-hydrogen) atoms. The van der Waals surface area contributed by atoms with Crippen LogP contribution < -0.4 is 37.6 Å². The zero-order valence-electron chi connectivity index (χ0n) is 23.5. The molecular weight excluding hydrogens is 538 g/mol. The van der Waals surface area contributed by atoms with E-state index in [1.54, 1.807) is 13.8 Å². The first-order valence-electron chi connectivity index (χ1n) is 13.3. The van der Waals surface area contributed by atoms with Crippen molar-refractivity contribution in [1.29, 1.82) is 0 Å². The average Bonchev–Trinajstić information content (AvgIpc) is 3.40. The highest BCUT2D eigenvalue weighted by molar-refractivity contribution is 5.96. The second-order valence-corrected chi connectivity index (χ2v) is 10.2. The van der Waals surface area contributed by atoms with Crippen LogP contribution in [0.2, 0.25) is 0 Å². The summed E-state index contributed by atoms with van der Waals surface area (Å²) >= 11 is 0. The number of nitrogens with two attached hydrogens (primary N) is 1. The van der Waals surface area contributed by atoms with E-state index in [0.29, 0.717) is 5.69 Å². The molecule has 1 aliphatic heterocycles. The van der Waals surface area contributed by atoms with Crippen LogP contribution in [0, 0.1) is 5.92 Å². The molecule has 5 atom stereocenters. The van der Waals surface area contributed by atoms with E-state index in [0.717, 1.165) is 0 Å². The van der Waals surface area contributed by atoms with Crippen molar-refractivity contribution < 1.29 is 33.6 Å². The molecule has 2 heterocycles. The largest absolute Gasteiger partial charge is 0.368 e. The third-order valence-electron chi connectivity index (χ3n) is 6.38. The molecule has 0 spiro atoms. The molecule has 9 N–H and O–H groups in total. The number of primary amides is 1. The summed E-state index contributed by atoms with van der Waals surface area (Å²) in [6, 6.07) is -5.67. The number of aromatic nitrogens is 2. The number of H-pyrrole nitrogens is 1. The van der Waals surface area contributed by atoms with Crippen molar-refractivity contribution in [3.05, 3.63) is 18.2 Å². The van der Waals surface area contributed by atoms with Crippen molar-refractivity contribution in [3.8, 4) is 0 Å². The Morgan fingerprint density at radius 3 is 2.29 bits per heavy atom. The Labute approximate surface area is 237 Å². The summed E-state index contributed by atoms with van der Waals surface area (Å²) in [6.45, 7) is 5.96. The van der Waals surface area contributed by atoms with Gasteiger partial charge >= 0.3 is 0 Å². The maximum atomic E-state index is 13.2. The topological polar surface area (TPSA) is 246 Å². The highest BCUT2D eigenvalue weighted by atomic mass is 16.2. The molecule has 1 aromatic heterocycles. The van der Waals surface area contributed by atoms with E-state index in [-0.39, 0.29) is 32.2 Å². The second kappa shape index (κ2) is 15.3. The normalized spacial score (nSPS) is 25.8. The maximum absolute atomic E-state index is 13.2. The summed E-state index contributed by atoms with van der Waals surface area (Å²) in [5.74, 6) is -5.02. The van der Waals surface area contributed by atoms with Crippen LogP contribution in [-0.2, 0) is 40.0 Å². The lowest BCUT2D eigenvalue weighted by Gasteiger charge is -2.27. The number of aromatic amines is 1. The van der Waals surface area contributed by atoms with Crippen molar-refractivity contribution in [2.75, 3.05) is 6.54 Å². The Bertz CT molecular complexity index is 1120. The number of carbonyl (C=O) groups is 7. The molecule has 16 heteroatoms. The van der Waals surface area contributed by atoms with Crippen molar-refractivity contribution in [1.82, 2.24) is 41.9 Å². The van der Waals surface area contributed by atoms with Gasteiger partial charge in [0.1, 0.15) is 30.2 Å². The van der Waals surface area contributed by atoms with Gasteiger partial charge in [0, 0.05) is 38.2 Å². The molecule has 0 aromatic carbocycles. The lowest BCUT2D eigenvalue weighted by molar-refractivity contribution is -0.135. The van der Waals surface area contributed by atoms with E-state index in [1.165, 1.54) is 26.4 Å². The van der Waals surface area contributed by atoms with Gasteiger partial charge in [0.2, 0.25) is 41.4 Å². The van der Waals surface area contributed by atoms with Crippen LogP contribution in [0.5, 0.6) is 0 Å². The van der Waals surface area contributed by atoms with Crippen LogP contribution >= 0.6 is 0 Å². The van der Waals surface area contributed by atoms with Crippen LogP contribution in [0.15, 0.2) is 12.5 Å². The molecule has 226 valence electrons. The minimum Gasteiger partial charge on any atom is -0.368 e. The number of nitrogens with zero attached hydrogens (tertiary/aromatic N) is 1. The number of amides is 7. The average molecular weight is 578 g/mol. The van der Waals surface area contributed by atoms with Crippen LogP contribution in [0.4, 0.5) is 0 Å². The summed E-state index contributed by atoms with van der Waals surface area (Å²) in [4.78, 5) is 95.3. The van der Waals surface area contributed by atoms with Crippen molar-refractivity contribution in [3.63, 3.8) is 0 Å². The summed E-state index contributed by atoms with van der Waals surface area (Å²) in [5, 5.41) is 15.3.